The summed E-state index contributed by atoms with van der Waals surface area (Å²) in [6, 6.07) is 8.22. The molecule has 1 aromatic rings. The molecule has 114 valence electrons. The molecule has 0 aromatic heterocycles. The predicted molar refractivity (Wildman–Crippen MR) is 78.1 cm³/mol. The van der Waals surface area contributed by atoms with Crippen LogP contribution in [0.2, 0.25) is 0 Å². The average Bonchev–Trinajstić information content (AvgIpc) is 2.53. The molecule has 0 amide bonds. The predicted octanol–water partition coefficient (Wildman–Crippen LogP) is 0.247. The maximum absolute atomic E-state index is 12.6. The maximum atomic E-state index is 12.6. The minimum atomic E-state index is -3.61. The molecule has 0 unspecified atom stereocenters. The Bertz CT molecular complexity index is 617. The number of aliphatic hydroxyl groups excluding tert-OH is 1. The summed E-state index contributed by atoms with van der Waals surface area (Å²) in [7, 11) is -3.61. The third kappa shape index (κ3) is 3.60. The van der Waals surface area contributed by atoms with Gasteiger partial charge < -0.3 is 10.0 Å². The molecular weight excluding hydrogens is 290 g/mol. The quantitative estimate of drug-likeness (QED) is 0.842. The summed E-state index contributed by atoms with van der Waals surface area (Å²) in [4.78, 5) is 2.22. The van der Waals surface area contributed by atoms with E-state index in [9.17, 15) is 8.42 Å². The number of hydrogen-bond acceptors (Lipinski definition) is 5. The van der Waals surface area contributed by atoms with Gasteiger partial charge in [0.05, 0.1) is 10.5 Å². The number of hydrogen-bond donors (Lipinski definition) is 1. The lowest BCUT2D eigenvalue weighted by Crippen LogP contribution is -2.48. The summed E-state index contributed by atoms with van der Waals surface area (Å²) in [6.45, 7) is 3.04. The molecule has 1 fully saturated rings. The molecule has 0 radical (unpaired) electrons. The fraction of sp³-hybridized carbons (Fsp3) is 0.500. The minimum Gasteiger partial charge on any atom is -0.396 e. The molecule has 0 saturated carbocycles. The Kier molecular flexibility index (Phi) is 5.31. The summed E-state index contributed by atoms with van der Waals surface area (Å²) < 4.78 is 26.6. The summed E-state index contributed by atoms with van der Waals surface area (Å²) in [5.41, 5.74) is 0.181. The first-order valence-corrected chi connectivity index (χ1v) is 8.36. The van der Waals surface area contributed by atoms with Crippen molar-refractivity contribution in [2.75, 3.05) is 39.3 Å². The van der Waals surface area contributed by atoms with E-state index < -0.39 is 10.0 Å². The second-order valence-electron chi connectivity index (χ2n) is 4.93. The Hall–Kier alpha value is -1.46. The Balaban J connectivity index is 2.10. The third-order valence-electron chi connectivity index (χ3n) is 3.59. The van der Waals surface area contributed by atoms with E-state index in [1.807, 2.05) is 6.07 Å². The molecule has 1 aliphatic heterocycles. The number of piperazine rings is 1. The summed E-state index contributed by atoms with van der Waals surface area (Å²) in [5.74, 6) is 0. The second-order valence-corrected chi connectivity index (χ2v) is 6.84. The molecule has 7 heteroatoms. The van der Waals surface area contributed by atoms with Gasteiger partial charge in [0.2, 0.25) is 10.0 Å². The van der Waals surface area contributed by atoms with Crippen molar-refractivity contribution in [1.82, 2.24) is 9.21 Å². The van der Waals surface area contributed by atoms with Crippen LogP contribution in [-0.2, 0) is 10.0 Å². The van der Waals surface area contributed by atoms with Gasteiger partial charge in [0.15, 0.2) is 0 Å². The van der Waals surface area contributed by atoms with Gasteiger partial charge in [-0.1, -0.05) is 12.1 Å². The molecule has 1 aromatic carbocycles. The number of aliphatic hydroxyl groups is 1. The van der Waals surface area contributed by atoms with Crippen LogP contribution in [0.4, 0.5) is 0 Å². The SMILES string of the molecule is N#Cc1ccccc1S(=O)(=O)N1CCN(CCCO)CC1. The topological polar surface area (TPSA) is 84.6 Å². The largest absolute Gasteiger partial charge is 0.396 e. The molecular formula is C14H19N3O3S. The Morgan fingerprint density at radius 2 is 1.86 bits per heavy atom. The van der Waals surface area contributed by atoms with E-state index in [1.54, 1.807) is 12.1 Å². The van der Waals surface area contributed by atoms with Crippen LogP contribution < -0.4 is 0 Å². The lowest BCUT2D eigenvalue weighted by molar-refractivity contribution is 0.171. The van der Waals surface area contributed by atoms with E-state index in [-0.39, 0.29) is 17.1 Å². The molecule has 0 atom stereocenters. The fourth-order valence-electron chi connectivity index (χ4n) is 2.41. The van der Waals surface area contributed by atoms with Crippen molar-refractivity contribution in [3.05, 3.63) is 29.8 Å². The summed E-state index contributed by atoms with van der Waals surface area (Å²) in [5, 5.41) is 17.9. The highest BCUT2D eigenvalue weighted by molar-refractivity contribution is 7.89. The van der Waals surface area contributed by atoms with Crippen molar-refractivity contribution in [3.8, 4) is 6.07 Å². The van der Waals surface area contributed by atoms with Crippen molar-refractivity contribution in [2.24, 2.45) is 0 Å². The van der Waals surface area contributed by atoms with Crippen LogP contribution in [0.5, 0.6) is 0 Å². The van der Waals surface area contributed by atoms with Gasteiger partial charge in [0.1, 0.15) is 6.07 Å². The lowest BCUT2D eigenvalue weighted by atomic mass is 10.2. The highest BCUT2D eigenvalue weighted by atomic mass is 32.2. The molecule has 0 bridgehead atoms. The van der Waals surface area contributed by atoms with Gasteiger partial charge in [-0.25, -0.2) is 8.42 Å². The van der Waals surface area contributed by atoms with Crippen LogP contribution in [0.25, 0.3) is 0 Å². The van der Waals surface area contributed by atoms with Crippen molar-refractivity contribution in [3.63, 3.8) is 0 Å². The van der Waals surface area contributed by atoms with E-state index in [2.05, 4.69) is 4.90 Å². The first-order chi connectivity index (χ1) is 10.1. The van der Waals surface area contributed by atoms with Crippen molar-refractivity contribution < 1.29 is 13.5 Å². The number of sulfonamides is 1. The van der Waals surface area contributed by atoms with E-state index in [1.165, 1.54) is 16.4 Å². The van der Waals surface area contributed by atoms with Crippen LogP contribution in [0.3, 0.4) is 0 Å². The van der Waals surface area contributed by atoms with Crippen molar-refractivity contribution in [1.29, 1.82) is 5.26 Å². The van der Waals surface area contributed by atoms with Crippen LogP contribution in [-0.4, -0.2) is 62.1 Å². The Labute approximate surface area is 125 Å². The van der Waals surface area contributed by atoms with Gasteiger partial charge in [0.25, 0.3) is 0 Å². The second kappa shape index (κ2) is 7.00. The van der Waals surface area contributed by atoms with E-state index in [4.69, 9.17) is 10.4 Å². The normalized spacial score (nSPS) is 17.5. The van der Waals surface area contributed by atoms with E-state index in [0.717, 1.165) is 6.54 Å². The monoisotopic (exact) mass is 309 g/mol. The summed E-state index contributed by atoms with van der Waals surface area (Å²) >= 11 is 0. The van der Waals surface area contributed by atoms with E-state index >= 15 is 0 Å². The minimum absolute atomic E-state index is 0.0799. The first kappa shape index (κ1) is 15.9. The maximum Gasteiger partial charge on any atom is 0.244 e. The van der Waals surface area contributed by atoms with Gasteiger partial charge in [-0.3, -0.25) is 0 Å². The molecule has 0 spiro atoms. The molecule has 2 rings (SSSR count). The number of rotatable bonds is 5. The van der Waals surface area contributed by atoms with Crippen molar-refractivity contribution >= 4 is 10.0 Å². The van der Waals surface area contributed by atoms with Gasteiger partial charge in [-0.2, -0.15) is 9.57 Å². The molecule has 1 saturated heterocycles. The van der Waals surface area contributed by atoms with Gasteiger partial charge in [-0.15, -0.1) is 0 Å². The molecule has 21 heavy (non-hydrogen) atoms. The number of nitrogens with zero attached hydrogens (tertiary/aromatic N) is 3. The van der Waals surface area contributed by atoms with Crippen molar-refractivity contribution in [2.45, 2.75) is 11.3 Å². The third-order valence-corrected chi connectivity index (χ3v) is 5.55. The molecule has 6 nitrogen and oxygen atoms in total. The van der Waals surface area contributed by atoms with Crippen LogP contribution in [0.1, 0.15) is 12.0 Å². The molecule has 1 N–H and O–H groups in total. The van der Waals surface area contributed by atoms with E-state index in [0.29, 0.717) is 32.6 Å². The number of benzene rings is 1. The van der Waals surface area contributed by atoms with Crippen LogP contribution >= 0.6 is 0 Å². The smallest absolute Gasteiger partial charge is 0.244 e. The highest BCUT2D eigenvalue weighted by Crippen LogP contribution is 2.20. The van der Waals surface area contributed by atoms with Crippen LogP contribution in [0, 0.1) is 11.3 Å². The van der Waals surface area contributed by atoms with Gasteiger partial charge >= 0.3 is 0 Å². The summed E-state index contributed by atoms with van der Waals surface area (Å²) in [6.07, 6.45) is 0.698. The lowest BCUT2D eigenvalue weighted by Gasteiger charge is -2.33. The zero-order chi connectivity index (χ0) is 15.3. The average molecular weight is 309 g/mol. The molecule has 1 aliphatic rings. The number of nitriles is 1. The zero-order valence-corrected chi connectivity index (χ0v) is 12.6. The van der Waals surface area contributed by atoms with Gasteiger partial charge in [0, 0.05) is 39.3 Å². The standard InChI is InChI=1S/C14H19N3O3S/c15-12-13-4-1-2-5-14(13)21(19,20)17-9-7-16(8-10-17)6-3-11-18/h1-2,4-5,18H,3,6-11H2. The molecule has 0 aliphatic carbocycles. The Morgan fingerprint density at radius 1 is 1.19 bits per heavy atom. The zero-order valence-electron chi connectivity index (χ0n) is 11.8. The molecule has 1 heterocycles. The van der Waals surface area contributed by atoms with Crippen LogP contribution in [0.15, 0.2) is 29.2 Å². The Morgan fingerprint density at radius 3 is 2.48 bits per heavy atom. The van der Waals surface area contributed by atoms with Gasteiger partial charge in [-0.05, 0) is 18.6 Å². The fourth-order valence-corrected chi connectivity index (χ4v) is 3.98. The first-order valence-electron chi connectivity index (χ1n) is 6.92. The highest BCUT2D eigenvalue weighted by Gasteiger charge is 2.29.